The highest BCUT2D eigenvalue weighted by molar-refractivity contribution is 7.89. The van der Waals surface area contributed by atoms with Gasteiger partial charge < -0.3 is 9.84 Å². The van der Waals surface area contributed by atoms with Crippen molar-refractivity contribution < 1.29 is 23.1 Å². The van der Waals surface area contributed by atoms with E-state index in [4.69, 9.17) is 0 Å². The molecule has 1 aromatic rings. The summed E-state index contributed by atoms with van der Waals surface area (Å²) in [6.07, 6.45) is 0.0921. The summed E-state index contributed by atoms with van der Waals surface area (Å²) in [6, 6.07) is 6.03. The van der Waals surface area contributed by atoms with Crippen molar-refractivity contribution in [3.8, 4) is 0 Å². The maximum atomic E-state index is 12.5. The van der Waals surface area contributed by atoms with Crippen molar-refractivity contribution in [1.29, 1.82) is 0 Å². The Balaban J connectivity index is 3.03. The van der Waals surface area contributed by atoms with E-state index in [9.17, 15) is 18.3 Å². The molecule has 0 aliphatic rings. The molecule has 0 amide bonds. The fraction of sp³-hybridized carbons (Fsp3) is 0.500. The highest BCUT2D eigenvalue weighted by Crippen LogP contribution is 2.22. The molecule has 0 aliphatic heterocycles. The van der Waals surface area contributed by atoms with Crippen LogP contribution in [0.3, 0.4) is 0 Å². The highest BCUT2D eigenvalue weighted by atomic mass is 32.2. The van der Waals surface area contributed by atoms with E-state index in [1.54, 1.807) is 26.0 Å². The number of benzene rings is 1. The van der Waals surface area contributed by atoms with E-state index in [1.807, 2.05) is 0 Å². The van der Waals surface area contributed by atoms with Crippen LogP contribution in [0.4, 0.5) is 0 Å². The lowest BCUT2D eigenvalue weighted by Crippen LogP contribution is -2.47. The summed E-state index contributed by atoms with van der Waals surface area (Å²) in [5.74, 6) is -0.385. The van der Waals surface area contributed by atoms with Gasteiger partial charge in [0.05, 0.1) is 30.6 Å². The van der Waals surface area contributed by atoms with Gasteiger partial charge in [-0.25, -0.2) is 8.42 Å². The predicted molar refractivity (Wildman–Crippen MR) is 78.3 cm³/mol. The number of methoxy groups -OCH3 is 1. The summed E-state index contributed by atoms with van der Waals surface area (Å²) in [6.45, 7) is 2.98. The zero-order valence-electron chi connectivity index (χ0n) is 12.7. The Morgan fingerprint density at radius 2 is 1.81 bits per heavy atom. The molecule has 1 aromatic carbocycles. The van der Waals surface area contributed by atoms with Gasteiger partial charge in [-0.1, -0.05) is 12.1 Å². The highest BCUT2D eigenvalue weighted by Gasteiger charge is 2.33. The minimum atomic E-state index is -3.70. The number of carbonyl (C=O) groups is 1. The summed E-state index contributed by atoms with van der Waals surface area (Å²) < 4.78 is 30.6. The van der Waals surface area contributed by atoms with Crippen LogP contribution in [0.15, 0.2) is 29.2 Å². The first-order chi connectivity index (χ1) is 9.65. The summed E-state index contributed by atoms with van der Waals surface area (Å²) >= 11 is 0. The van der Waals surface area contributed by atoms with E-state index in [1.165, 1.54) is 26.3 Å². The molecule has 0 unspecified atom stereocenters. The molecule has 0 atom stereocenters. The molecule has 0 saturated heterocycles. The van der Waals surface area contributed by atoms with E-state index in [-0.39, 0.29) is 23.9 Å². The van der Waals surface area contributed by atoms with Crippen LogP contribution >= 0.6 is 0 Å². The molecule has 0 heterocycles. The molecule has 0 aromatic heterocycles. The van der Waals surface area contributed by atoms with Gasteiger partial charge >= 0.3 is 5.97 Å². The molecule has 0 spiro atoms. The topological polar surface area (TPSA) is 83.9 Å². The zero-order chi connectivity index (χ0) is 16.3. The molecule has 0 bridgehead atoms. The van der Waals surface area contributed by atoms with Crippen LogP contribution in [0.5, 0.6) is 0 Å². The molecule has 0 aliphatic carbocycles. The molecule has 118 valence electrons. The summed E-state index contributed by atoms with van der Waals surface area (Å²) in [5, 5.41) is 9.29. The monoisotopic (exact) mass is 315 g/mol. The minimum absolute atomic E-state index is 0.0921. The van der Waals surface area contributed by atoms with Crippen LogP contribution in [0.25, 0.3) is 0 Å². The number of likely N-dealkylation sites (N-methyl/N-ethyl adjacent to an activating group) is 1. The van der Waals surface area contributed by atoms with Crippen LogP contribution in [-0.2, 0) is 26.0 Å². The number of sulfonamides is 1. The van der Waals surface area contributed by atoms with Crippen molar-refractivity contribution in [3.63, 3.8) is 0 Å². The molecular weight excluding hydrogens is 294 g/mol. The van der Waals surface area contributed by atoms with Crippen LogP contribution < -0.4 is 0 Å². The lowest BCUT2D eigenvalue weighted by molar-refractivity contribution is -0.139. The van der Waals surface area contributed by atoms with Crippen molar-refractivity contribution in [2.24, 2.45) is 0 Å². The van der Waals surface area contributed by atoms with Crippen LogP contribution in [-0.4, -0.2) is 50.1 Å². The fourth-order valence-corrected chi connectivity index (χ4v) is 3.11. The number of ether oxygens (including phenoxy) is 1. The number of aliphatic hydroxyl groups excluding tert-OH is 1. The van der Waals surface area contributed by atoms with E-state index >= 15 is 0 Å². The van der Waals surface area contributed by atoms with Gasteiger partial charge in [0.1, 0.15) is 0 Å². The Bertz CT molecular complexity index is 592. The Hall–Kier alpha value is -1.44. The third-order valence-electron chi connectivity index (χ3n) is 3.40. The smallest absolute Gasteiger partial charge is 0.309 e. The number of hydrogen-bond acceptors (Lipinski definition) is 5. The van der Waals surface area contributed by atoms with Crippen LogP contribution in [0.2, 0.25) is 0 Å². The van der Waals surface area contributed by atoms with Crippen LogP contribution in [0.1, 0.15) is 19.4 Å². The molecular formula is C14H21NO5S. The third kappa shape index (κ3) is 4.03. The van der Waals surface area contributed by atoms with Crippen molar-refractivity contribution >= 4 is 16.0 Å². The van der Waals surface area contributed by atoms with Gasteiger partial charge in [0.25, 0.3) is 0 Å². The number of nitrogens with zero attached hydrogens (tertiary/aromatic N) is 1. The van der Waals surface area contributed by atoms with Gasteiger partial charge in [0.15, 0.2) is 0 Å². The Morgan fingerprint density at radius 1 is 1.29 bits per heavy atom. The quantitative estimate of drug-likeness (QED) is 0.785. The van der Waals surface area contributed by atoms with Crippen molar-refractivity contribution in [3.05, 3.63) is 29.8 Å². The molecule has 0 fully saturated rings. The standard InChI is InChI=1S/C14H21NO5S/c1-14(2,10-16)15(3)21(18,19)12-7-5-11(6-8-12)9-13(17)20-4/h5-8,16H,9-10H2,1-4H3. The molecule has 1 N–H and O–H groups in total. The second-order valence-corrected chi connectivity index (χ2v) is 7.31. The number of esters is 1. The largest absolute Gasteiger partial charge is 0.469 e. The molecule has 21 heavy (non-hydrogen) atoms. The Kier molecular flexibility index (Phi) is 5.49. The van der Waals surface area contributed by atoms with E-state index in [0.29, 0.717) is 5.56 Å². The fourth-order valence-electron chi connectivity index (χ4n) is 1.60. The Labute approximate surface area is 125 Å². The van der Waals surface area contributed by atoms with Crippen molar-refractivity contribution in [2.45, 2.75) is 30.7 Å². The van der Waals surface area contributed by atoms with E-state index < -0.39 is 15.6 Å². The first-order valence-electron chi connectivity index (χ1n) is 6.41. The molecule has 7 heteroatoms. The lowest BCUT2D eigenvalue weighted by atomic mass is 10.1. The molecule has 0 saturated carbocycles. The van der Waals surface area contributed by atoms with Crippen molar-refractivity contribution in [2.75, 3.05) is 20.8 Å². The minimum Gasteiger partial charge on any atom is -0.469 e. The van der Waals surface area contributed by atoms with E-state index in [0.717, 1.165) is 4.31 Å². The summed E-state index contributed by atoms with van der Waals surface area (Å²) in [7, 11) is -0.979. The number of carbonyl (C=O) groups excluding carboxylic acids is 1. The van der Waals surface area contributed by atoms with Gasteiger partial charge in [-0.15, -0.1) is 0 Å². The second kappa shape index (κ2) is 6.55. The molecule has 6 nitrogen and oxygen atoms in total. The molecule has 1 rings (SSSR count). The lowest BCUT2D eigenvalue weighted by Gasteiger charge is -2.32. The maximum Gasteiger partial charge on any atom is 0.309 e. The normalized spacial score (nSPS) is 12.5. The Morgan fingerprint density at radius 3 is 2.24 bits per heavy atom. The number of rotatable bonds is 6. The summed E-state index contributed by atoms with van der Waals surface area (Å²) in [4.78, 5) is 11.3. The van der Waals surface area contributed by atoms with Gasteiger partial charge in [-0.05, 0) is 31.5 Å². The van der Waals surface area contributed by atoms with Gasteiger partial charge in [0, 0.05) is 7.05 Å². The maximum absolute atomic E-state index is 12.5. The van der Waals surface area contributed by atoms with Gasteiger partial charge in [0.2, 0.25) is 10.0 Å². The average molecular weight is 315 g/mol. The molecule has 0 radical (unpaired) electrons. The van der Waals surface area contributed by atoms with Gasteiger partial charge in [-0.3, -0.25) is 4.79 Å². The first kappa shape index (κ1) is 17.6. The third-order valence-corrected chi connectivity index (χ3v) is 5.48. The number of hydrogen-bond donors (Lipinski definition) is 1. The SMILES string of the molecule is COC(=O)Cc1ccc(S(=O)(=O)N(C)C(C)(C)CO)cc1. The average Bonchev–Trinajstić information content (AvgIpc) is 2.46. The zero-order valence-corrected chi connectivity index (χ0v) is 13.5. The van der Waals surface area contributed by atoms with Crippen LogP contribution in [0, 0.1) is 0 Å². The van der Waals surface area contributed by atoms with Gasteiger partial charge in [-0.2, -0.15) is 4.31 Å². The number of aliphatic hydroxyl groups is 1. The predicted octanol–water partition coefficient (Wildman–Crippen LogP) is 0.793. The second-order valence-electron chi connectivity index (χ2n) is 5.34. The first-order valence-corrected chi connectivity index (χ1v) is 7.85. The summed E-state index contributed by atoms with van der Waals surface area (Å²) in [5.41, 5.74) is -0.228. The van der Waals surface area contributed by atoms with E-state index in [2.05, 4.69) is 4.74 Å². The van der Waals surface area contributed by atoms with Crippen molar-refractivity contribution in [1.82, 2.24) is 4.31 Å².